The van der Waals surface area contributed by atoms with Crippen LogP contribution in [-0.2, 0) is 33.2 Å². The summed E-state index contributed by atoms with van der Waals surface area (Å²) in [6.07, 6.45) is 4.35. The minimum absolute atomic E-state index is 0.303. The largest absolute Gasteiger partial charge is 0.429 e. The van der Waals surface area contributed by atoms with E-state index in [9.17, 15) is 9.59 Å². The van der Waals surface area contributed by atoms with E-state index in [0.29, 0.717) is 12.0 Å². The highest BCUT2D eigenvalue weighted by Gasteiger charge is 2.38. The van der Waals surface area contributed by atoms with Crippen LogP contribution in [0.15, 0.2) is 0 Å². The first-order valence-corrected chi connectivity index (χ1v) is 11.1. The number of esters is 1. The minimum Gasteiger partial charge on any atom is -0.429 e. The van der Waals surface area contributed by atoms with Gasteiger partial charge < -0.3 is 14.0 Å². The van der Waals surface area contributed by atoms with Crippen LogP contribution in [0.2, 0.25) is 13.1 Å². The number of hydrogen-bond donors (Lipinski definition) is 0. The van der Waals surface area contributed by atoms with Crippen LogP contribution >= 0.6 is 0 Å². The molecule has 1 heterocycles. The lowest BCUT2D eigenvalue weighted by molar-refractivity contribution is -0.107. The molecule has 1 unspecified atom stereocenters. The van der Waals surface area contributed by atoms with Gasteiger partial charge in [-0.2, -0.15) is 0 Å². The molecule has 24 heavy (non-hydrogen) atoms. The molecule has 0 saturated carbocycles. The maximum absolute atomic E-state index is 12.6. The van der Waals surface area contributed by atoms with Gasteiger partial charge in [0.15, 0.2) is 0 Å². The standard InChI is InChI=1S/C19H27O4Si/c1-6-8-9-15-14(10-11-20)13(7-2)12(3)16-17(15)18(21)22-19(16)23-24(4)5/h11,19H,6-10H2,1-5H3. The zero-order valence-electron chi connectivity index (χ0n) is 15.3. The number of aldehydes is 1. The van der Waals surface area contributed by atoms with Gasteiger partial charge in [-0.25, -0.2) is 4.79 Å². The molecule has 1 radical (unpaired) electrons. The van der Waals surface area contributed by atoms with Gasteiger partial charge in [-0.15, -0.1) is 0 Å². The van der Waals surface area contributed by atoms with Crippen molar-refractivity contribution in [3.8, 4) is 0 Å². The number of hydrogen-bond acceptors (Lipinski definition) is 4. The van der Waals surface area contributed by atoms with Crippen molar-refractivity contribution >= 4 is 21.3 Å². The van der Waals surface area contributed by atoms with Gasteiger partial charge in [-0.3, -0.25) is 0 Å². The molecule has 0 saturated heterocycles. The molecule has 0 aromatic heterocycles. The Bertz CT molecular complexity index is 637. The molecule has 0 amide bonds. The Morgan fingerprint density at radius 3 is 2.46 bits per heavy atom. The number of carbonyl (C=O) groups is 2. The molecule has 2 rings (SSSR count). The highest BCUT2D eigenvalue weighted by molar-refractivity contribution is 6.48. The van der Waals surface area contributed by atoms with Crippen molar-refractivity contribution in [2.75, 3.05) is 0 Å². The molecular formula is C19H27O4Si. The summed E-state index contributed by atoms with van der Waals surface area (Å²) >= 11 is 0. The van der Waals surface area contributed by atoms with Gasteiger partial charge in [0.25, 0.3) is 0 Å². The predicted molar refractivity (Wildman–Crippen MR) is 95.7 cm³/mol. The average molecular weight is 348 g/mol. The Balaban J connectivity index is 2.70. The molecule has 1 aromatic rings. The van der Waals surface area contributed by atoms with Crippen LogP contribution < -0.4 is 0 Å². The third kappa shape index (κ3) is 3.47. The molecule has 0 bridgehead atoms. The number of unbranched alkanes of at least 4 members (excludes halogenated alkanes) is 1. The van der Waals surface area contributed by atoms with Crippen molar-refractivity contribution in [2.45, 2.75) is 72.3 Å². The Morgan fingerprint density at radius 2 is 1.92 bits per heavy atom. The van der Waals surface area contributed by atoms with E-state index >= 15 is 0 Å². The second-order valence-corrected chi connectivity index (χ2v) is 8.49. The molecule has 0 fully saturated rings. The van der Waals surface area contributed by atoms with Gasteiger partial charge in [0.05, 0.1) is 5.56 Å². The van der Waals surface area contributed by atoms with Crippen molar-refractivity contribution in [2.24, 2.45) is 0 Å². The Kier molecular flexibility index (Phi) is 6.35. The van der Waals surface area contributed by atoms with Crippen LogP contribution in [0.1, 0.15) is 71.2 Å². The van der Waals surface area contributed by atoms with E-state index in [2.05, 4.69) is 13.8 Å². The quantitative estimate of drug-likeness (QED) is 0.404. The molecule has 0 spiro atoms. The number of rotatable bonds is 8. The molecule has 131 valence electrons. The molecule has 0 N–H and O–H groups in total. The maximum atomic E-state index is 12.6. The maximum Gasteiger partial charge on any atom is 0.341 e. The van der Waals surface area contributed by atoms with Crippen LogP contribution in [0.3, 0.4) is 0 Å². The van der Waals surface area contributed by atoms with Crippen molar-refractivity contribution in [3.05, 3.63) is 33.4 Å². The van der Waals surface area contributed by atoms with Crippen molar-refractivity contribution in [1.82, 2.24) is 0 Å². The van der Waals surface area contributed by atoms with E-state index in [1.807, 2.05) is 20.0 Å². The average Bonchev–Trinajstić information content (AvgIpc) is 2.83. The fraction of sp³-hybridized carbons (Fsp3) is 0.579. The number of carbonyl (C=O) groups excluding carboxylic acids is 2. The molecule has 1 aliphatic heterocycles. The minimum atomic E-state index is -1.00. The summed E-state index contributed by atoms with van der Waals surface area (Å²) in [6.45, 7) is 10.3. The fourth-order valence-electron chi connectivity index (χ4n) is 3.55. The van der Waals surface area contributed by atoms with E-state index in [4.69, 9.17) is 9.16 Å². The Hall–Kier alpha value is -1.46. The normalized spacial score (nSPS) is 16.4. The molecule has 0 aliphatic carbocycles. The summed E-state index contributed by atoms with van der Waals surface area (Å²) in [5.41, 5.74) is 5.78. The first kappa shape index (κ1) is 18.9. The zero-order chi connectivity index (χ0) is 17.9. The number of cyclic esters (lactones) is 1. The lowest BCUT2D eigenvalue weighted by Gasteiger charge is -2.21. The fourth-order valence-corrected chi connectivity index (χ4v) is 4.14. The summed E-state index contributed by atoms with van der Waals surface area (Å²) in [5, 5.41) is 0. The van der Waals surface area contributed by atoms with Crippen LogP contribution in [0.25, 0.3) is 0 Å². The molecule has 1 aliphatic rings. The number of benzene rings is 1. The first-order chi connectivity index (χ1) is 11.5. The highest BCUT2D eigenvalue weighted by atomic mass is 28.3. The molecule has 1 atom stereocenters. The summed E-state index contributed by atoms with van der Waals surface area (Å²) < 4.78 is 11.5. The SMILES string of the molecule is CCCCc1c(CC=O)c(CC)c(C)c2c1C(=O)OC2O[Si](C)C. The van der Waals surface area contributed by atoms with E-state index in [1.54, 1.807) is 0 Å². The van der Waals surface area contributed by atoms with Gasteiger partial charge in [0.2, 0.25) is 15.3 Å². The second kappa shape index (κ2) is 8.08. The van der Waals surface area contributed by atoms with Crippen LogP contribution in [0.5, 0.6) is 0 Å². The predicted octanol–water partition coefficient (Wildman–Crippen LogP) is 4.08. The van der Waals surface area contributed by atoms with Gasteiger partial charge in [-0.1, -0.05) is 20.3 Å². The Labute approximate surface area is 146 Å². The van der Waals surface area contributed by atoms with Gasteiger partial charge in [0, 0.05) is 12.0 Å². The third-order valence-electron chi connectivity index (χ3n) is 4.57. The molecule has 1 aromatic carbocycles. The van der Waals surface area contributed by atoms with Crippen LogP contribution in [-0.4, -0.2) is 21.3 Å². The smallest absolute Gasteiger partial charge is 0.341 e. The van der Waals surface area contributed by atoms with Crippen LogP contribution in [0, 0.1) is 6.92 Å². The number of fused-ring (bicyclic) bond motifs is 1. The van der Waals surface area contributed by atoms with E-state index < -0.39 is 15.3 Å². The highest BCUT2D eigenvalue weighted by Crippen LogP contribution is 2.41. The topological polar surface area (TPSA) is 52.6 Å². The summed E-state index contributed by atoms with van der Waals surface area (Å²) in [6, 6.07) is 0. The lowest BCUT2D eigenvalue weighted by Crippen LogP contribution is -2.16. The lowest BCUT2D eigenvalue weighted by atomic mass is 9.83. The van der Waals surface area contributed by atoms with Gasteiger partial charge >= 0.3 is 5.97 Å². The van der Waals surface area contributed by atoms with Crippen molar-refractivity contribution in [1.29, 1.82) is 0 Å². The van der Waals surface area contributed by atoms with E-state index in [1.165, 1.54) is 5.56 Å². The second-order valence-electron chi connectivity index (χ2n) is 6.44. The Morgan fingerprint density at radius 1 is 1.21 bits per heavy atom. The molecular weight excluding hydrogens is 320 g/mol. The summed E-state index contributed by atoms with van der Waals surface area (Å²) in [4.78, 5) is 23.8. The molecule has 5 heteroatoms. The zero-order valence-corrected chi connectivity index (χ0v) is 16.3. The van der Waals surface area contributed by atoms with Crippen molar-refractivity contribution < 1.29 is 18.8 Å². The van der Waals surface area contributed by atoms with Gasteiger partial charge in [0.1, 0.15) is 6.29 Å². The van der Waals surface area contributed by atoms with Crippen LogP contribution in [0.4, 0.5) is 0 Å². The summed E-state index contributed by atoms with van der Waals surface area (Å²) in [5.74, 6) is -0.303. The van der Waals surface area contributed by atoms with E-state index in [0.717, 1.165) is 54.2 Å². The van der Waals surface area contributed by atoms with E-state index in [-0.39, 0.29) is 5.97 Å². The third-order valence-corrected chi connectivity index (χ3v) is 5.26. The number of ether oxygens (including phenoxy) is 1. The van der Waals surface area contributed by atoms with Gasteiger partial charge in [-0.05, 0) is 61.5 Å². The van der Waals surface area contributed by atoms with Crippen molar-refractivity contribution in [3.63, 3.8) is 0 Å². The summed E-state index contributed by atoms with van der Waals surface area (Å²) in [7, 11) is -1.00. The molecule has 4 nitrogen and oxygen atoms in total. The monoisotopic (exact) mass is 347 g/mol. The first-order valence-electron chi connectivity index (χ1n) is 8.74.